The first-order valence-electron chi connectivity index (χ1n) is 7.07. The summed E-state index contributed by atoms with van der Waals surface area (Å²) in [7, 11) is 0. The molecule has 1 amide bonds. The van der Waals surface area contributed by atoms with Crippen molar-refractivity contribution in [2.45, 2.75) is 17.1 Å². The number of benzene rings is 2. The maximum Gasteiger partial charge on any atom is 0.323 e. The summed E-state index contributed by atoms with van der Waals surface area (Å²) < 4.78 is 26.1. The zero-order chi connectivity index (χ0) is 17.3. The summed E-state index contributed by atoms with van der Waals surface area (Å²) in [6.45, 7) is 1.66. The molecule has 3 N–H and O–H groups in total. The minimum absolute atomic E-state index is 0.290. The normalized spacial score (nSPS) is 12.3. The van der Waals surface area contributed by atoms with Crippen molar-refractivity contribution in [2.24, 2.45) is 0 Å². The van der Waals surface area contributed by atoms with E-state index in [0.717, 1.165) is 23.9 Å². The monoisotopic (exact) mass is 349 g/mol. The van der Waals surface area contributed by atoms with Gasteiger partial charge in [0.1, 0.15) is 0 Å². The predicted molar refractivity (Wildman–Crippen MR) is 89.2 cm³/mol. The minimum Gasteiger partial charge on any atom is -0.325 e. The van der Waals surface area contributed by atoms with Gasteiger partial charge in [0.05, 0.1) is 16.3 Å². The molecular formula is C16H13F2N3O2S. The van der Waals surface area contributed by atoms with Gasteiger partial charge in [-0.1, -0.05) is 0 Å². The lowest BCUT2D eigenvalue weighted by molar-refractivity contribution is -0.115. The van der Waals surface area contributed by atoms with Crippen LogP contribution in [0.5, 0.6) is 0 Å². The standard InChI is InChI=1S/C16H13F2N3O2S/c1-8(24-10-3-4-11(17)12(18)7-10)15(22)19-9-2-5-13-14(6-9)21-16(23)20-13/h2-8H,1H3,(H,19,22)(H2,20,21,23). The lowest BCUT2D eigenvalue weighted by Crippen LogP contribution is -2.22. The third-order valence-corrected chi connectivity index (χ3v) is 4.45. The van der Waals surface area contributed by atoms with Gasteiger partial charge in [-0.3, -0.25) is 4.79 Å². The van der Waals surface area contributed by atoms with Crippen LogP contribution in [0, 0.1) is 11.6 Å². The van der Waals surface area contributed by atoms with E-state index in [2.05, 4.69) is 15.3 Å². The highest BCUT2D eigenvalue weighted by Crippen LogP contribution is 2.26. The van der Waals surface area contributed by atoms with Crippen LogP contribution in [0.3, 0.4) is 0 Å². The van der Waals surface area contributed by atoms with E-state index in [1.807, 2.05) is 0 Å². The Kier molecular flexibility index (Phi) is 4.39. The topological polar surface area (TPSA) is 77.8 Å². The first kappa shape index (κ1) is 16.3. The summed E-state index contributed by atoms with van der Waals surface area (Å²) in [6, 6.07) is 8.48. The summed E-state index contributed by atoms with van der Waals surface area (Å²) in [4.78, 5) is 29.1. The molecule has 2 aromatic carbocycles. The Morgan fingerprint density at radius 2 is 1.83 bits per heavy atom. The average Bonchev–Trinajstić information content (AvgIpc) is 2.90. The number of imidazole rings is 1. The SMILES string of the molecule is CC(Sc1ccc(F)c(F)c1)C(=O)Nc1ccc2[nH]c(=O)[nH]c2c1. The van der Waals surface area contributed by atoms with Gasteiger partial charge < -0.3 is 15.3 Å². The average molecular weight is 349 g/mol. The molecule has 0 aliphatic heterocycles. The fourth-order valence-corrected chi connectivity index (χ4v) is 3.05. The van der Waals surface area contributed by atoms with Crippen LogP contribution in [0.25, 0.3) is 11.0 Å². The summed E-state index contributed by atoms with van der Waals surface area (Å²) in [6.07, 6.45) is 0. The molecule has 0 bridgehead atoms. The molecule has 24 heavy (non-hydrogen) atoms. The van der Waals surface area contributed by atoms with Gasteiger partial charge in [-0.05, 0) is 43.3 Å². The van der Waals surface area contributed by atoms with E-state index in [9.17, 15) is 18.4 Å². The Morgan fingerprint density at radius 1 is 1.08 bits per heavy atom. The number of aromatic amines is 2. The van der Waals surface area contributed by atoms with Crippen molar-refractivity contribution in [3.8, 4) is 0 Å². The third kappa shape index (κ3) is 3.48. The van der Waals surface area contributed by atoms with Crippen LogP contribution in [0.2, 0.25) is 0 Å². The van der Waals surface area contributed by atoms with Gasteiger partial charge in [-0.25, -0.2) is 13.6 Å². The highest BCUT2D eigenvalue weighted by Gasteiger charge is 2.16. The van der Waals surface area contributed by atoms with Crippen molar-refractivity contribution < 1.29 is 13.6 Å². The van der Waals surface area contributed by atoms with E-state index in [1.54, 1.807) is 25.1 Å². The number of H-pyrrole nitrogens is 2. The fourth-order valence-electron chi connectivity index (χ4n) is 2.16. The van der Waals surface area contributed by atoms with E-state index in [4.69, 9.17) is 0 Å². The Labute approximate surface area is 139 Å². The number of hydrogen-bond donors (Lipinski definition) is 3. The zero-order valence-electron chi connectivity index (χ0n) is 12.5. The molecule has 1 unspecified atom stereocenters. The molecule has 124 valence electrons. The van der Waals surface area contributed by atoms with Gasteiger partial charge in [0.25, 0.3) is 0 Å². The molecule has 0 spiro atoms. The molecular weight excluding hydrogens is 336 g/mol. The first-order valence-corrected chi connectivity index (χ1v) is 7.95. The van der Waals surface area contributed by atoms with Gasteiger partial charge in [-0.15, -0.1) is 11.8 Å². The van der Waals surface area contributed by atoms with Crippen LogP contribution in [0.1, 0.15) is 6.92 Å². The van der Waals surface area contributed by atoms with Crippen LogP contribution in [0.4, 0.5) is 14.5 Å². The number of halogens is 2. The number of carbonyl (C=O) groups is 1. The number of anilines is 1. The van der Waals surface area contributed by atoms with E-state index in [1.165, 1.54) is 6.07 Å². The summed E-state index contributed by atoms with van der Waals surface area (Å²) in [5.41, 5.74) is 1.43. The Hall–Kier alpha value is -2.61. The van der Waals surface area contributed by atoms with Crippen LogP contribution in [-0.4, -0.2) is 21.1 Å². The molecule has 1 heterocycles. The molecule has 0 aliphatic carbocycles. The third-order valence-electron chi connectivity index (χ3n) is 3.36. The second-order valence-electron chi connectivity index (χ2n) is 5.16. The first-order chi connectivity index (χ1) is 11.4. The van der Waals surface area contributed by atoms with Gasteiger partial charge in [0.2, 0.25) is 5.91 Å². The molecule has 0 saturated heterocycles. The van der Waals surface area contributed by atoms with E-state index >= 15 is 0 Å². The van der Waals surface area contributed by atoms with Gasteiger partial charge >= 0.3 is 5.69 Å². The summed E-state index contributed by atoms with van der Waals surface area (Å²) in [5.74, 6) is -2.17. The van der Waals surface area contributed by atoms with Crippen molar-refractivity contribution >= 4 is 34.4 Å². The van der Waals surface area contributed by atoms with Gasteiger partial charge in [-0.2, -0.15) is 0 Å². The van der Waals surface area contributed by atoms with E-state index in [-0.39, 0.29) is 11.6 Å². The van der Waals surface area contributed by atoms with E-state index < -0.39 is 16.9 Å². The fraction of sp³-hybridized carbons (Fsp3) is 0.125. The van der Waals surface area contributed by atoms with Crippen LogP contribution >= 0.6 is 11.8 Å². The Balaban J connectivity index is 1.70. The summed E-state index contributed by atoms with van der Waals surface area (Å²) >= 11 is 1.12. The zero-order valence-corrected chi connectivity index (χ0v) is 13.3. The molecule has 8 heteroatoms. The van der Waals surface area contributed by atoms with Crippen LogP contribution in [-0.2, 0) is 4.79 Å². The molecule has 0 aliphatic rings. The molecule has 1 atom stereocenters. The number of rotatable bonds is 4. The number of fused-ring (bicyclic) bond motifs is 1. The lowest BCUT2D eigenvalue weighted by Gasteiger charge is -2.12. The Bertz CT molecular complexity index is 967. The maximum atomic E-state index is 13.2. The van der Waals surface area contributed by atoms with Crippen LogP contribution in [0.15, 0.2) is 46.1 Å². The highest BCUT2D eigenvalue weighted by atomic mass is 32.2. The maximum absolute atomic E-state index is 13.2. The number of aromatic nitrogens is 2. The molecule has 0 saturated carbocycles. The number of nitrogens with one attached hydrogen (secondary N) is 3. The Morgan fingerprint density at radius 3 is 2.58 bits per heavy atom. The predicted octanol–water partition coefficient (Wildman–Crippen LogP) is 3.25. The van der Waals surface area contributed by atoms with Crippen molar-refractivity contribution in [1.82, 2.24) is 9.97 Å². The molecule has 3 aromatic rings. The number of hydrogen-bond acceptors (Lipinski definition) is 3. The number of carbonyl (C=O) groups excluding carboxylic acids is 1. The second-order valence-corrected chi connectivity index (χ2v) is 6.58. The van der Waals surface area contributed by atoms with Crippen molar-refractivity contribution in [2.75, 3.05) is 5.32 Å². The number of amides is 1. The summed E-state index contributed by atoms with van der Waals surface area (Å²) in [5, 5.41) is 2.21. The van der Waals surface area contributed by atoms with Crippen molar-refractivity contribution in [1.29, 1.82) is 0 Å². The smallest absolute Gasteiger partial charge is 0.323 e. The number of thioether (sulfide) groups is 1. The molecule has 1 aromatic heterocycles. The lowest BCUT2D eigenvalue weighted by atomic mass is 10.2. The van der Waals surface area contributed by atoms with Crippen molar-refractivity contribution in [3.63, 3.8) is 0 Å². The van der Waals surface area contributed by atoms with Crippen molar-refractivity contribution in [3.05, 3.63) is 58.5 Å². The molecule has 3 rings (SSSR count). The second kappa shape index (κ2) is 6.48. The molecule has 5 nitrogen and oxygen atoms in total. The molecule has 0 fully saturated rings. The van der Waals surface area contributed by atoms with Gasteiger partial charge in [0.15, 0.2) is 11.6 Å². The van der Waals surface area contributed by atoms with Crippen LogP contribution < -0.4 is 11.0 Å². The molecule has 0 radical (unpaired) electrons. The largest absolute Gasteiger partial charge is 0.325 e. The van der Waals surface area contributed by atoms with E-state index in [0.29, 0.717) is 21.6 Å². The highest BCUT2D eigenvalue weighted by molar-refractivity contribution is 8.00. The minimum atomic E-state index is -0.950. The van der Waals surface area contributed by atoms with Gasteiger partial charge in [0, 0.05) is 10.6 Å². The quantitative estimate of drug-likeness (QED) is 0.633.